The second-order valence-electron chi connectivity index (χ2n) is 4.99. The van der Waals surface area contributed by atoms with Crippen molar-refractivity contribution in [1.82, 2.24) is 9.97 Å². The molecule has 0 aliphatic heterocycles. The van der Waals surface area contributed by atoms with Crippen LogP contribution in [0, 0.1) is 5.92 Å². The summed E-state index contributed by atoms with van der Waals surface area (Å²) in [4.78, 5) is 20.3. The van der Waals surface area contributed by atoms with Gasteiger partial charge in [-0.2, -0.15) is 0 Å². The predicted octanol–water partition coefficient (Wildman–Crippen LogP) is 1.94. The van der Waals surface area contributed by atoms with Gasteiger partial charge in [0.1, 0.15) is 0 Å². The number of fused-ring (bicyclic) bond motifs is 1. The lowest BCUT2D eigenvalue weighted by Gasteiger charge is -2.14. The number of benzene rings is 1. The Kier molecular flexibility index (Phi) is 4.06. The lowest BCUT2D eigenvalue weighted by molar-refractivity contribution is -0.117. The standard InChI is InChI=1S/C14H18N4O/c1-9(2)7-11(15)14(19)18-10-3-4-12-13(8-10)17-6-5-16-12/h3-6,8-9,11H,7,15H2,1-2H3,(H,18,19). The van der Waals surface area contributed by atoms with Gasteiger partial charge in [0, 0.05) is 18.1 Å². The van der Waals surface area contributed by atoms with Crippen LogP contribution in [0.25, 0.3) is 11.0 Å². The van der Waals surface area contributed by atoms with Crippen LogP contribution in [-0.2, 0) is 4.79 Å². The summed E-state index contributed by atoms with van der Waals surface area (Å²) < 4.78 is 0. The quantitative estimate of drug-likeness (QED) is 0.878. The van der Waals surface area contributed by atoms with Gasteiger partial charge in [-0.3, -0.25) is 14.8 Å². The molecule has 0 radical (unpaired) electrons. The third kappa shape index (κ3) is 3.48. The summed E-state index contributed by atoms with van der Waals surface area (Å²) in [6.07, 6.45) is 3.93. The number of rotatable bonds is 4. The Morgan fingerprint density at radius 1 is 1.26 bits per heavy atom. The lowest BCUT2D eigenvalue weighted by atomic mass is 10.0. The number of carbonyl (C=O) groups is 1. The molecule has 5 heteroatoms. The zero-order valence-corrected chi connectivity index (χ0v) is 11.1. The van der Waals surface area contributed by atoms with Crippen molar-refractivity contribution >= 4 is 22.6 Å². The first kappa shape index (κ1) is 13.4. The van der Waals surface area contributed by atoms with Crippen LogP contribution in [0.3, 0.4) is 0 Å². The molecule has 1 aromatic carbocycles. The molecule has 1 atom stereocenters. The molecule has 0 saturated heterocycles. The summed E-state index contributed by atoms with van der Waals surface area (Å²) in [6.45, 7) is 4.08. The normalized spacial score (nSPS) is 12.6. The smallest absolute Gasteiger partial charge is 0.241 e. The molecule has 0 spiro atoms. The Labute approximate surface area is 112 Å². The van der Waals surface area contributed by atoms with E-state index in [9.17, 15) is 4.79 Å². The van der Waals surface area contributed by atoms with E-state index in [4.69, 9.17) is 5.73 Å². The van der Waals surface area contributed by atoms with Gasteiger partial charge in [-0.15, -0.1) is 0 Å². The van der Waals surface area contributed by atoms with Crippen molar-refractivity contribution < 1.29 is 4.79 Å². The first-order valence-electron chi connectivity index (χ1n) is 6.33. The first-order chi connectivity index (χ1) is 9.06. The maximum absolute atomic E-state index is 11.9. The average Bonchev–Trinajstić information content (AvgIpc) is 2.37. The average molecular weight is 258 g/mol. The molecule has 2 rings (SSSR count). The minimum Gasteiger partial charge on any atom is -0.325 e. The Morgan fingerprint density at radius 2 is 1.95 bits per heavy atom. The van der Waals surface area contributed by atoms with E-state index < -0.39 is 6.04 Å². The highest BCUT2D eigenvalue weighted by atomic mass is 16.2. The molecular weight excluding hydrogens is 240 g/mol. The molecule has 100 valence electrons. The Balaban J connectivity index is 2.10. The summed E-state index contributed by atoms with van der Waals surface area (Å²) in [5.41, 5.74) is 8.08. The van der Waals surface area contributed by atoms with Gasteiger partial charge in [0.05, 0.1) is 17.1 Å². The number of nitrogens with one attached hydrogen (secondary N) is 1. The molecule has 19 heavy (non-hydrogen) atoms. The lowest BCUT2D eigenvalue weighted by Crippen LogP contribution is -2.36. The number of nitrogens with two attached hydrogens (primary N) is 1. The highest BCUT2D eigenvalue weighted by molar-refractivity contribution is 5.96. The van der Waals surface area contributed by atoms with E-state index in [0.29, 0.717) is 18.0 Å². The van der Waals surface area contributed by atoms with Gasteiger partial charge in [-0.1, -0.05) is 13.8 Å². The highest BCUT2D eigenvalue weighted by Gasteiger charge is 2.15. The molecule has 0 aliphatic rings. The number of amides is 1. The van der Waals surface area contributed by atoms with E-state index in [1.54, 1.807) is 24.5 Å². The second kappa shape index (κ2) is 5.75. The fourth-order valence-electron chi connectivity index (χ4n) is 1.89. The monoisotopic (exact) mass is 258 g/mol. The molecular formula is C14H18N4O. The van der Waals surface area contributed by atoms with Crippen molar-refractivity contribution in [2.24, 2.45) is 11.7 Å². The summed E-state index contributed by atoms with van der Waals surface area (Å²) >= 11 is 0. The zero-order chi connectivity index (χ0) is 13.8. The van der Waals surface area contributed by atoms with Crippen LogP contribution in [0.15, 0.2) is 30.6 Å². The van der Waals surface area contributed by atoms with Crippen molar-refractivity contribution in [3.05, 3.63) is 30.6 Å². The first-order valence-corrected chi connectivity index (χ1v) is 6.33. The van der Waals surface area contributed by atoms with Crippen LogP contribution >= 0.6 is 0 Å². The molecule has 0 bridgehead atoms. The SMILES string of the molecule is CC(C)CC(N)C(=O)Nc1ccc2nccnc2c1. The van der Waals surface area contributed by atoms with Crippen LogP contribution in [0.1, 0.15) is 20.3 Å². The largest absolute Gasteiger partial charge is 0.325 e. The van der Waals surface area contributed by atoms with E-state index in [1.807, 2.05) is 19.9 Å². The van der Waals surface area contributed by atoms with Crippen molar-refractivity contribution in [3.63, 3.8) is 0 Å². The van der Waals surface area contributed by atoms with Crippen molar-refractivity contribution in [2.45, 2.75) is 26.3 Å². The van der Waals surface area contributed by atoms with Gasteiger partial charge in [-0.25, -0.2) is 0 Å². The molecule has 3 N–H and O–H groups in total. The van der Waals surface area contributed by atoms with Gasteiger partial charge < -0.3 is 11.1 Å². The van der Waals surface area contributed by atoms with Crippen molar-refractivity contribution in [2.75, 3.05) is 5.32 Å². The topological polar surface area (TPSA) is 80.9 Å². The number of hydrogen-bond donors (Lipinski definition) is 2. The summed E-state index contributed by atoms with van der Waals surface area (Å²) in [5.74, 6) is 0.222. The summed E-state index contributed by atoms with van der Waals surface area (Å²) in [6, 6.07) is 4.93. The van der Waals surface area contributed by atoms with Gasteiger partial charge in [0.15, 0.2) is 0 Å². The van der Waals surface area contributed by atoms with Crippen LogP contribution in [0.4, 0.5) is 5.69 Å². The van der Waals surface area contributed by atoms with E-state index in [1.165, 1.54) is 0 Å². The maximum atomic E-state index is 11.9. The summed E-state index contributed by atoms with van der Waals surface area (Å²) in [7, 11) is 0. The van der Waals surface area contributed by atoms with Crippen LogP contribution < -0.4 is 11.1 Å². The summed E-state index contributed by atoms with van der Waals surface area (Å²) in [5, 5.41) is 2.81. The molecule has 0 saturated carbocycles. The van der Waals surface area contributed by atoms with E-state index in [2.05, 4.69) is 15.3 Å². The van der Waals surface area contributed by atoms with Gasteiger partial charge in [-0.05, 0) is 30.5 Å². The zero-order valence-electron chi connectivity index (χ0n) is 11.1. The molecule has 1 heterocycles. The van der Waals surface area contributed by atoms with Gasteiger partial charge in [0.2, 0.25) is 5.91 Å². The minimum absolute atomic E-state index is 0.169. The third-order valence-electron chi connectivity index (χ3n) is 2.80. The Morgan fingerprint density at radius 3 is 2.63 bits per heavy atom. The third-order valence-corrected chi connectivity index (χ3v) is 2.80. The Bertz CT molecular complexity index is 582. The van der Waals surface area contributed by atoms with Crippen molar-refractivity contribution in [3.8, 4) is 0 Å². The van der Waals surface area contributed by atoms with E-state index in [0.717, 1.165) is 11.0 Å². The maximum Gasteiger partial charge on any atom is 0.241 e. The number of anilines is 1. The van der Waals surface area contributed by atoms with Crippen LogP contribution in [0.5, 0.6) is 0 Å². The van der Waals surface area contributed by atoms with Gasteiger partial charge >= 0.3 is 0 Å². The number of carbonyl (C=O) groups excluding carboxylic acids is 1. The number of nitrogens with zero attached hydrogens (tertiary/aromatic N) is 2. The van der Waals surface area contributed by atoms with E-state index in [-0.39, 0.29) is 5.91 Å². The minimum atomic E-state index is -0.488. The number of aromatic nitrogens is 2. The fraction of sp³-hybridized carbons (Fsp3) is 0.357. The molecule has 1 aromatic heterocycles. The second-order valence-corrected chi connectivity index (χ2v) is 4.99. The molecule has 1 amide bonds. The molecule has 1 unspecified atom stereocenters. The molecule has 2 aromatic rings. The predicted molar refractivity (Wildman–Crippen MR) is 75.6 cm³/mol. The number of hydrogen-bond acceptors (Lipinski definition) is 4. The van der Waals surface area contributed by atoms with E-state index >= 15 is 0 Å². The van der Waals surface area contributed by atoms with Crippen molar-refractivity contribution in [1.29, 1.82) is 0 Å². The molecule has 0 aliphatic carbocycles. The van der Waals surface area contributed by atoms with Gasteiger partial charge in [0.25, 0.3) is 0 Å². The molecule has 5 nitrogen and oxygen atoms in total. The fourth-order valence-corrected chi connectivity index (χ4v) is 1.89. The van der Waals surface area contributed by atoms with Crippen LogP contribution in [0.2, 0.25) is 0 Å². The Hall–Kier alpha value is -2.01. The van der Waals surface area contributed by atoms with Crippen LogP contribution in [-0.4, -0.2) is 21.9 Å². The molecule has 0 fully saturated rings. The highest BCUT2D eigenvalue weighted by Crippen LogP contribution is 2.15.